The van der Waals surface area contributed by atoms with Gasteiger partial charge in [0.2, 0.25) is 0 Å². The second kappa shape index (κ2) is 13.8. The van der Waals surface area contributed by atoms with Gasteiger partial charge in [0.05, 0.1) is 12.3 Å². The summed E-state index contributed by atoms with van der Waals surface area (Å²) in [6.07, 6.45) is 3.28. The van der Waals surface area contributed by atoms with E-state index >= 15 is 4.57 Å². The Balaban J connectivity index is 1.65. The van der Waals surface area contributed by atoms with Crippen LogP contribution < -0.4 is 10.6 Å². The molecule has 3 nitrogen and oxygen atoms in total. The van der Waals surface area contributed by atoms with Gasteiger partial charge in [0.1, 0.15) is 5.60 Å². The summed E-state index contributed by atoms with van der Waals surface area (Å²) in [5, 5.41) is 1.33. The van der Waals surface area contributed by atoms with Crippen LogP contribution in [0.4, 0.5) is 0 Å². The molecule has 0 unspecified atom stereocenters. The lowest BCUT2D eigenvalue weighted by molar-refractivity contribution is -0.115. The number of hydrogen-bond acceptors (Lipinski definition) is 3. The molecule has 0 N–H and O–H groups in total. The number of ether oxygens (including phenoxy) is 1. The molecule has 0 bridgehead atoms. The van der Waals surface area contributed by atoms with Crippen LogP contribution in [0, 0.1) is 5.92 Å². The van der Waals surface area contributed by atoms with Gasteiger partial charge >= 0.3 is 0 Å². The lowest BCUT2D eigenvalue weighted by atomic mass is 9.80. The van der Waals surface area contributed by atoms with Gasteiger partial charge in [0, 0.05) is 10.6 Å². The maximum absolute atomic E-state index is 15.5. The van der Waals surface area contributed by atoms with E-state index < -0.39 is 24.3 Å². The van der Waals surface area contributed by atoms with Crippen molar-refractivity contribution < 1.29 is 14.1 Å². The molecule has 0 aliphatic rings. The normalized spacial score (nSPS) is 13.4. The second-order valence-electron chi connectivity index (χ2n) is 10.7. The van der Waals surface area contributed by atoms with Crippen molar-refractivity contribution in [1.82, 2.24) is 0 Å². The SMILES string of the molecule is C/C=C/C(=O)[C@H]([C@H](C)COC(c1ccccc1)(c1ccccc1)c1ccccc1)P(=O)(c1ccccc1)c1ccccc1. The standard InChI is InChI=1S/C39H37O3P/c1-3-19-37(40)38(43(41,35-26-15-7-16-27-35)36-28-17-8-18-29-36)31(2)30-42-39(32-20-9-4-10-21-32,33-22-11-5-12-23-33)34-24-13-6-14-25-34/h3-29,31,38H,30H2,1-2H3/b19-3+/t31-,38+/m1/s1. The molecule has 2 atom stereocenters. The average molecular weight is 585 g/mol. The Bertz CT molecular complexity index is 1530. The molecule has 5 aromatic rings. The maximum atomic E-state index is 15.5. The van der Waals surface area contributed by atoms with E-state index in [1.54, 1.807) is 12.2 Å². The van der Waals surface area contributed by atoms with Gasteiger partial charge in [-0.05, 0) is 35.6 Å². The molecule has 5 rings (SSSR count). The van der Waals surface area contributed by atoms with Crippen LogP contribution in [-0.4, -0.2) is 18.0 Å². The summed E-state index contributed by atoms with van der Waals surface area (Å²) < 4.78 is 22.6. The van der Waals surface area contributed by atoms with Gasteiger partial charge < -0.3 is 9.30 Å². The van der Waals surface area contributed by atoms with Crippen LogP contribution in [0.5, 0.6) is 0 Å². The molecule has 0 aromatic heterocycles. The average Bonchev–Trinajstić information content (AvgIpc) is 3.07. The van der Waals surface area contributed by atoms with Gasteiger partial charge in [-0.15, -0.1) is 0 Å². The Morgan fingerprint density at radius 3 is 1.35 bits per heavy atom. The third-order valence-corrected chi connectivity index (χ3v) is 11.6. The van der Waals surface area contributed by atoms with E-state index in [2.05, 4.69) is 36.4 Å². The van der Waals surface area contributed by atoms with Crippen molar-refractivity contribution >= 4 is 23.5 Å². The first kappa shape index (κ1) is 30.2. The summed E-state index contributed by atoms with van der Waals surface area (Å²) in [5.41, 5.74) is 1.16. The fourth-order valence-corrected chi connectivity index (χ4v) is 9.38. The van der Waals surface area contributed by atoms with E-state index in [0.29, 0.717) is 10.6 Å². The van der Waals surface area contributed by atoms with Crippen molar-refractivity contribution in [2.75, 3.05) is 6.61 Å². The zero-order chi connectivity index (χ0) is 30.1. The zero-order valence-electron chi connectivity index (χ0n) is 24.6. The van der Waals surface area contributed by atoms with Crippen molar-refractivity contribution in [3.63, 3.8) is 0 Å². The minimum Gasteiger partial charge on any atom is -0.361 e. The molecule has 0 aliphatic heterocycles. The minimum absolute atomic E-state index is 0.167. The number of hydrogen-bond donors (Lipinski definition) is 0. The van der Waals surface area contributed by atoms with Crippen molar-refractivity contribution in [3.8, 4) is 0 Å². The molecule has 216 valence electrons. The third kappa shape index (κ3) is 6.11. The number of carbonyl (C=O) groups is 1. The molecule has 0 saturated carbocycles. The van der Waals surface area contributed by atoms with Gasteiger partial charge in [0.15, 0.2) is 12.9 Å². The molecule has 0 radical (unpaired) electrons. The summed E-state index contributed by atoms with van der Waals surface area (Å²) in [6, 6.07) is 49.4. The molecule has 0 amide bonds. The molecule has 0 aliphatic carbocycles. The molecule has 0 fully saturated rings. The lowest BCUT2D eigenvalue weighted by Gasteiger charge is -2.38. The quantitative estimate of drug-likeness (QED) is 0.0844. The highest BCUT2D eigenvalue weighted by Gasteiger charge is 2.45. The van der Waals surface area contributed by atoms with Crippen molar-refractivity contribution in [3.05, 3.63) is 181 Å². The molecular formula is C39H37O3P. The lowest BCUT2D eigenvalue weighted by Crippen LogP contribution is -2.40. The van der Waals surface area contributed by atoms with Gasteiger partial charge in [-0.2, -0.15) is 0 Å². The zero-order valence-corrected chi connectivity index (χ0v) is 25.5. The van der Waals surface area contributed by atoms with Crippen molar-refractivity contribution in [1.29, 1.82) is 0 Å². The van der Waals surface area contributed by atoms with Crippen LogP contribution in [0.25, 0.3) is 0 Å². The van der Waals surface area contributed by atoms with Gasteiger partial charge in [-0.25, -0.2) is 0 Å². The van der Waals surface area contributed by atoms with Gasteiger partial charge in [0.25, 0.3) is 0 Å². The first-order valence-electron chi connectivity index (χ1n) is 14.7. The predicted octanol–water partition coefficient (Wildman–Crippen LogP) is 8.16. The van der Waals surface area contributed by atoms with Crippen LogP contribution in [0.2, 0.25) is 0 Å². The molecule has 5 aromatic carbocycles. The number of carbonyl (C=O) groups excluding carboxylic acids is 1. The molecule has 0 spiro atoms. The topological polar surface area (TPSA) is 43.4 Å². The van der Waals surface area contributed by atoms with E-state index in [0.717, 1.165) is 16.7 Å². The minimum atomic E-state index is -3.45. The van der Waals surface area contributed by atoms with E-state index in [-0.39, 0.29) is 12.4 Å². The first-order chi connectivity index (χ1) is 21.0. The Morgan fingerprint density at radius 2 is 1.00 bits per heavy atom. The highest BCUT2D eigenvalue weighted by atomic mass is 31.2. The molecule has 0 saturated heterocycles. The van der Waals surface area contributed by atoms with Gasteiger partial charge in [-0.3, -0.25) is 4.79 Å². The van der Waals surface area contributed by atoms with Crippen LogP contribution >= 0.6 is 7.14 Å². The Hall–Kier alpha value is -4.30. The van der Waals surface area contributed by atoms with E-state index in [1.807, 2.05) is 129 Å². The Kier molecular flexibility index (Phi) is 9.67. The first-order valence-corrected chi connectivity index (χ1v) is 16.5. The predicted molar refractivity (Wildman–Crippen MR) is 178 cm³/mol. The monoisotopic (exact) mass is 584 g/mol. The number of benzene rings is 5. The highest BCUT2D eigenvalue weighted by Crippen LogP contribution is 2.52. The molecule has 4 heteroatoms. The van der Waals surface area contributed by atoms with Crippen molar-refractivity contribution in [2.24, 2.45) is 5.92 Å². The third-order valence-electron chi connectivity index (χ3n) is 7.94. The van der Waals surface area contributed by atoms with Crippen LogP contribution in [0.15, 0.2) is 164 Å². The Morgan fingerprint density at radius 1 is 0.651 bits per heavy atom. The largest absolute Gasteiger partial charge is 0.361 e. The van der Waals surface area contributed by atoms with E-state index in [1.165, 1.54) is 0 Å². The fraction of sp³-hybridized carbons (Fsp3) is 0.154. The molecule has 43 heavy (non-hydrogen) atoms. The molecule has 0 heterocycles. The number of allylic oxidation sites excluding steroid dienone is 2. The summed E-state index contributed by atoms with van der Waals surface area (Å²) in [4.78, 5) is 14.0. The van der Waals surface area contributed by atoms with E-state index in [9.17, 15) is 4.79 Å². The summed E-state index contributed by atoms with van der Waals surface area (Å²) in [7, 11) is -3.45. The van der Waals surface area contributed by atoms with Gasteiger partial charge in [-0.1, -0.05) is 165 Å². The fourth-order valence-electron chi connectivity index (χ4n) is 5.97. The highest BCUT2D eigenvalue weighted by molar-refractivity contribution is 7.80. The van der Waals surface area contributed by atoms with Crippen LogP contribution in [0.1, 0.15) is 30.5 Å². The number of rotatable bonds is 12. The van der Waals surface area contributed by atoms with Crippen LogP contribution in [0.3, 0.4) is 0 Å². The summed E-state index contributed by atoms with van der Waals surface area (Å²) >= 11 is 0. The Labute approximate surface area is 255 Å². The maximum Gasteiger partial charge on any atom is 0.166 e. The summed E-state index contributed by atoms with van der Waals surface area (Å²) in [5.74, 6) is -0.565. The summed E-state index contributed by atoms with van der Waals surface area (Å²) in [6.45, 7) is 3.99. The van der Waals surface area contributed by atoms with Crippen LogP contribution in [-0.2, 0) is 19.7 Å². The molecular weight excluding hydrogens is 547 g/mol. The second-order valence-corrected chi connectivity index (χ2v) is 13.6. The smallest absolute Gasteiger partial charge is 0.166 e. The number of ketones is 1. The van der Waals surface area contributed by atoms with Crippen molar-refractivity contribution in [2.45, 2.75) is 25.1 Å². The van der Waals surface area contributed by atoms with E-state index in [4.69, 9.17) is 4.74 Å².